The zero-order chi connectivity index (χ0) is 13.9. The van der Waals surface area contributed by atoms with Crippen LogP contribution in [0.5, 0.6) is 0 Å². The van der Waals surface area contributed by atoms with E-state index >= 15 is 0 Å². The van der Waals surface area contributed by atoms with Crippen LogP contribution in [0.4, 0.5) is 0 Å². The van der Waals surface area contributed by atoms with Gasteiger partial charge in [-0.1, -0.05) is 34.6 Å². The zero-order valence-corrected chi connectivity index (χ0v) is 13.1. The fourth-order valence-electron chi connectivity index (χ4n) is 2.68. The Morgan fingerprint density at radius 3 is 2.33 bits per heavy atom. The second-order valence-corrected chi connectivity index (χ2v) is 7.06. The molecule has 0 aromatic carbocycles. The average Bonchev–Trinajstić information content (AvgIpc) is 2.52. The summed E-state index contributed by atoms with van der Waals surface area (Å²) in [6, 6.07) is 0. The fraction of sp³-hybridized carbons (Fsp3) is 1.00. The second-order valence-electron chi connectivity index (χ2n) is 6.18. The molecule has 1 saturated heterocycles. The van der Waals surface area contributed by atoms with E-state index in [1.165, 1.54) is 0 Å². The standard InChI is InChI=1S/C13H27BO3S/c1-9(2)8-12-13(10(3)4,7-6-11(5)18)17-14(15)16-12/h9-12,15,18H,6-8H2,1-5H3. The summed E-state index contributed by atoms with van der Waals surface area (Å²) in [4.78, 5) is 0. The summed E-state index contributed by atoms with van der Waals surface area (Å²) in [7, 11) is -1.08. The van der Waals surface area contributed by atoms with Crippen LogP contribution in [0.3, 0.4) is 0 Å². The van der Waals surface area contributed by atoms with E-state index in [0.29, 0.717) is 17.1 Å². The molecule has 3 atom stereocenters. The van der Waals surface area contributed by atoms with Crippen LogP contribution >= 0.6 is 12.6 Å². The van der Waals surface area contributed by atoms with Gasteiger partial charge in [-0.2, -0.15) is 12.6 Å². The Morgan fingerprint density at radius 2 is 1.89 bits per heavy atom. The number of thiol groups is 1. The lowest BCUT2D eigenvalue weighted by molar-refractivity contribution is -0.0252. The minimum atomic E-state index is -1.08. The maximum absolute atomic E-state index is 9.70. The highest BCUT2D eigenvalue weighted by Gasteiger charge is 2.53. The predicted molar refractivity (Wildman–Crippen MR) is 78.6 cm³/mol. The molecule has 1 N–H and O–H groups in total. The molecule has 0 saturated carbocycles. The third-order valence-electron chi connectivity index (χ3n) is 3.76. The molecule has 5 heteroatoms. The fourth-order valence-corrected chi connectivity index (χ4v) is 2.81. The Labute approximate surface area is 117 Å². The molecule has 1 fully saturated rings. The Balaban J connectivity index is 2.84. The van der Waals surface area contributed by atoms with Crippen LogP contribution in [0.25, 0.3) is 0 Å². The minimum Gasteiger partial charge on any atom is -0.402 e. The Bertz CT molecular complexity index is 261. The van der Waals surface area contributed by atoms with Gasteiger partial charge in [0.1, 0.15) is 0 Å². The molecule has 1 aliphatic rings. The second kappa shape index (κ2) is 6.64. The van der Waals surface area contributed by atoms with Crippen LogP contribution in [-0.4, -0.2) is 29.3 Å². The average molecular weight is 274 g/mol. The van der Waals surface area contributed by atoms with E-state index in [1.54, 1.807) is 0 Å². The first-order chi connectivity index (χ1) is 8.28. The lowest BCUT2D eigenvalue weighted by atomic mass is 9.78. The molecule has 0 aromatic rings. The number of hydrogen-bond donors (Lipinski definition) is 2. The summed E-state index contributed by atoms with van der Waals surface area (Å²) in [5, 5.41) is 10.0. The Morgan fingerprint density at radius 1 is 1.28 bits per heavy atom. The zero-order valence-electron chi connectivity index (χ0n) is 12.2. The minimum absolute atomic E-state index is 0.0282. The summed E-state index contributed by atoms with van der Waals surface area (Å²) in [5.41, 5.74) is -0.374. The van der Waals surface area contributed by atoms with Crippen molar-refractivity contribution in [1.29, 1.82) is 0 Å². The highest BCUT2D eigenvalue weighted by Crippen LogP contribution is 2.41. The highest BCUT2D eigenvalue weighted by atomic mass is 32.1. The van der Waals surface area contributed by atoms with E-state index in [1.807, 2.05) is 0 Å². The molecular weight excluding hydrogens is 247 g/mol. The van der Waals surface area contributed by atoms with E-state index in [2.05, 4.69) is 47.2 Å². The Hall–Kier alpha value is 0.295. The molecule has 0 aromatic heterocycles. The number of hydrogen-bond acceptors (Lipinski definition) is 4. The lowest BCUT2D eigenvalue weighted by Crippen LogP contribution is -2.46. The molecule has 3 unspecified atom stereocenters. The van der Waals surface area contributed by atoms with Crippen molar-refractivity contribution in [2.45, 2.75) is 70.8 Å². The van der Waals surface area contributed by atoms with Crippen molar-refractivity contribution < 1.29 is 14.3 Å². The summed E-state index contributed by atoms with van der Waals surface area (Å²) >= 11 is 4.44. The first kappa shape index (κ1) is 16.3. The van der Waals surface area contributed by atoms with Gasteiger partial charge in [-0.3, -0.25) is 0 Å². The van der Waals surface area contributed by atoms with Crippen molar-refractivity contribution in [2.24, 2.45) is 11.8 Å². The van der Waals surface area contributed by atoms with Crippen molar-refractivity contribution in [2.75, 3.05) is 0 Å². The molecular formula is C13H27BO3S. The van der Waals surface area contributed by atoms with Gasteiger partial charge in [-0.05, 0) is 36.3 Å². The normalized spacial score (nSPS) is 30.5. The topological polar surface area (TPSA) is 38.7 Å². The molecule has 1 aliphatic heterocycles. The first-order valence-corrected chi connectivity index (χ1v) is 7.49. The monoisotopic (exact) mass is 274 g/mol. The van der Waals surface area contributed by atoms with E-state index < -0.39 is 7.32 Å². The molecule has 1 rings (SSSR count). The van der Waals surface area contributed by atoms with Crippen molar-refractivity contribution >= 4 is 20.0 Å². The van der Waals surface area contributed by atoms with E-state index in [-0.39, 0.29) is 11.7 Å². The van der Waals surface area contributed by atoms with Crippen molar-refractivity contribution in [3.05, 3.63) is 0 Å². The third kappa shape index (κ3) is 3.89. The molecule has 1 heterocycles. The summed E-state index contributed by atoms with van der Waals surface area (Å²) in [6.07, 6.45) is 2.73. The smallest absolute Gasteiger partial charge is 0.402 e. The van der Waals surface area contributed by atoms with Gasteiger partial charge < -0.3 is 14.3 Å². The van der Waals surface area contributed by atoms with Crippen LogP contribution in [0.2, 0.25) is 0 Å². The van der Waals surface area contributed by atoms with Crippen LogP contribution in [-0.2, 0) is 9.31 Å². The van der Waals surface area contributed by atoms with E-state index in [4.69, 9.17) is 9.31 Å². The molecule has 0 radical (unpaired) electrons. The van der Waals surface area contributed by atoms with Crippen LogP contribution in [0.15, 0.2) is 0 Å². The molecule has 18 heavy (non-hydrogen) atoms. The van der Waals surface area contributed by atoms with Crippen molar-refractivity contribution in [3.63, 3.8) is 0 Å². The highest BCUT2D eigenvalue weighted by molar-refractivity contribution is 7.80. The number of rotatable bonds is 6. The van der Waals surface area contributed by atoms with Gasteiger partial charge in [0.05, 0.1) is 11.7 Å². The van der Waals surface area contributed by atoms with Crippen LogP contribution in [0, 0.1) is 11.8 Å². The van der Waals surface area contributed by atoms with Gasteiger partial charge in [0.25, 0.3) is 0 Å². The van der Waals surface area contributed by atoms with E-state index in [9.17, 15) is 5.02 Å². The van der Waals surface area contributed by atoms with Gasteiger partial charge in [0, 0.05) is 0 Å². The molecule has 106 valence electrons. The SMILES string of the molecule is CC(C)CC1OB(O)OC1(CCC(C)S)C(C)C. The summed E-state index contributed by atoms with van der Waals surface area (Å²) in [6.45, 7) is 10.7. The van der Waals surface area contributed by atoms with Crippen molar-refractivity contribution in [1.82, 2.24) is 0 Å². The van der Waals surface area contributed by atoms with Gasteiger partial charge >= 0.3 is 7.32 Å². The first-order valence-electron chi connectivity index (χ1n) is 6.97. The van der Waals surface area contributed by atoms with Gasteiger partial charge in [0.15, 0.2) is 0 Å². The quantitative estimate of drug-likeness (QED) is 0.578. The van der Waals surface area contributed by atoms with Gasteiger partial charge in [0.2, 0.25) is 0 Å². The van der Waals surface area contributed by atoms with Gasteiger partial charge in [-0.15, -0.1) is 0 Å². The molecule has 0 amide bonds. The molecule has 0 spiro atoms. The maximum Gasteiger partial charge on any atom is 0.637 e. The third-order valence-corrected chi connectivity index (χ3v) is 4.02. The van der Waals surface area contributed by atoms with Crippen LogP contribution < -0.4 is 0 Å². The summed E-state index contributed by atoms with van der Waals surface area (Å²) in [5.74, 6) is 0.834. The van der Waals surface area contributed by atoms with E-state index in [0.717, 1.165) is 19.3 Å². The predicted octanol–water partition coefficient (Wildman–Crippen LogP) is 2.92. The maximum atomic E-state index is 9.70. The molecule has 0 bridgehead atoms. The largest absolute Gasteiger partial charge is 0.637 e. The summed E-state index contributed by atoms with van der Waals surface area (Å²) < 4.78 is 11.4. The Kier molecular flexibility index (Phi) is 6.03. The molecule has 3 nitrogen and oxygen atoms in total. The molecule has 0 aliphatic carbocycles. The lowest BCUT2D eigenvalue weighted by Gasteiger charge is -2.38. The van der Waals surface area contributed by atoms with Crippen molar-refractivity contribution in [3.8, 4) is 0 Å². The van der Waals surface area contributed by atoms with Crippen LogP contribution in [0.1, 0.15) is 53.9 Å². The van der Waals surface area contributed by atoms with Gasteiger partial charge in [-0.25, -0.2) is 0 Å².